The maximum atomic E-state index is 14.3. The van der Waals surface area contributed by atoms with Gasteiger partial charge in [-0.15, -0.1) is 0 Å². The zero-order chi connectivity index (χ0) is 34.7. The van der Waals surface area contributed by atoms with Crippen LogP contribution in [0, 0.1) is 11.3 Å². The van der Waals surface area contributed by atoms with Gasteiger partial charge in [0.15, 0.2) is 5.82 Å². The number of ether oxygens (including phenoxy) is 2. The maximum Gasteiger partial charge on any atom is 0.459 e. The van der Waals surface area contributed by atoms with E-state index in [2.05, 4.69) is 35.9 Å². The smallest absolute Gasteiger partial charge is 0.459 e. The fourth-order valence-electron chi connectivity index (χ4n) is 6.06. The van der Waals surface area contributed by atoms with Gasteiger partial charge in [0.2, 0.25) is 5.60 Å². The molecule has 15 heteroatoms. The molecule has 1 aliphatic carbocycles. The zero-order valence-electron chi connectivity index (χ0n) is 27.7. The van der Waals surface area contributed by atoms with Crippen LogP contribution >= 0.6 is 7.75 Å². The Morgan fingerprint density at radius 1 is 1.17 bits per heavy atom. The van der Waals surface area contributed by atoms with E-state index >= 15 is 0 Å². The van der Waals surface area contributed by atoms with Gasteiger partial charge in [-0.3, -0.25) is 9.32 Å². The van der Waals surface area contributed by atoms with E-state index in [-0.39, 0.29) is 28.8 Å². The first kappa shape index (κ1) is 35.7. The number of benzene rings is 1. The molecule has 3 aromatic rings. The fraction of sp³-hybridized carbons (Fsp3) is 0.576. The molecule has 0 amide bonds. The normalized spacial score (nSPS) is 25.8. The Labute approximate surface area is 280 Å². The molecule has 3 heterocycles. The molecule has 14 nitrogen and oxygen atoms in total. The number of nitrogens with one attached hydrogen (secondary N) is 1. The van der Waals surface area contributed by atoms with Crippen LogP contribution in [0.3, 0.4) is 0 Å². The van der Waals surface area contributed by atoms with E-state index in [9.17, 15) is 24.8 Å². The molecular formula is C33H45N6O8P. The highest BCUT2D eigenvalue weighted by Crippen LogP contribution is 2.47. The number of nitrogen functional groups attached to an aromatic ring is 1. The third-order valence-corrected chi connectivity index (χ3v) is 10.5. The lowest BCUT2D eigenvalue weighted by molar-refractivity contribution is -0.151. The first-order valence-electron chi connectivity index (χ1n) is 16.3. The summed E-state index contributed by atoms with van der Waals surface area (Å²) in [5.41, 5.74) is 5.21. The number of carbonyl (C=O) groups excluding carboxylic acids is 1. The predicted octanol–water partition coefficient (Wildman–Crippen LogP) is 4.29. The average Bonchev–Trinajstić information content (AvgIpc) is 3.57. The van der Waals surface area contributed by atoms with E-state index in [4.69, 9.17) is 24.3 Å². The number of aliphatic hydroxyl groups is 2. The number of anilines is 1. The number of hydrogen-bond acceptors (Lipinski definition) is 12. The molecule has 2 aliphatic rings. The largest absolute Gasteiger partial charge is 0.461 e. The Kier molecular flexibility index (Phi) is 10.8. The minimum Gasteiger partial charge on any atom is -0.461 e. The molecule has 0 radical (unpaired) electrons. The van der Waals surface area contributed by atoms with Gasteiger partial charge in [-0.25, -0.2) is 14.1 Å². The standard InChI is InChI=1S/C33H45N6O8P/c1-21(31(42)45-23-10-8-6-5-7-9-11-23)38-48(43,47-24-14-12-22(13-15-24)32(2,3)4)44-18-26-28(40)29(41)33(19-34,46-26)27-17-16-25-30(35)36-20-37-39(25)27/h12-17,20-21,23,26,28-29,40-41H,5-11,18H2,1-4H3,(H,38,43)(H2,35,36,37)/t21-,26+,28+,29+,33-,48?/m0/s1. The highest BCUT2D eigenvalue weighted by molar-refractivity contribution is 7.52. The van der Waals surface area contributed by atoms with Gasteiger partial charge in [0, 0.05) is 0 Å². The summed E-state index contributed by atoms with van der Waals surface area (Å²) in [6.07, 6.45) is 3.02. The van der Waals surface area contributed by atoms with E-state index in [0.29, 0.717) is 5.52 Å². The van der Waals surface area contributed by atoms with Gasteiger partial charge in [-0.2, -0.15) is 15.4 Å². The van der Waals surface area contributed by atoms with Crippen LogP contribution in [0.5, 0.6) is 5.75 Å². The summed E-state index contributed by atoms with van der Waals surface area (Å²) in [7, 11) is -4.38. The number of esters is 1. The molecule has 48 heavy (non-hydrogen) atoms. The van der Waals surface area contributed by atoms with Crippen LogP contribution in [0.1, 0.15) is 83.9 Å². The number of fused-ring (bicyclic) bond motifs is 1. The number of nitriles is 1. The second-order valence-corrected chi connectivity index (χ2v) is 15.2. The molecule has 1 saturated carbocycles. The first-order valence-corrected chi connectivity index (χ1v) is 17.9. The number of aliphatic hydroxyl groups excluding tert-OH is 2. The van der Waals surface area contributed by atoms with Crippen molar-refractivity contribution in [1.29, 1.82) is 5.26 Å². The van der Waals surface area contributed by atoms with Gasteiger partial charge < -0.3 is 29.9 Å². The summed E-state index contributed by atoms with van der Waals surface area (Å²) < 4.78 is 39.1. The van der Waals surface area contributed by atoms with Crippen LogP contribution < -0.4 is 15.3 Å². The van der Waals surface area contributed by atoms with Gasteiger partial charge >= 0.3 is 13.7 Å². The molecule has 5 N–H and O–H groups in total. The van der Waals surface area contributed by atoms with Crippen molar-refractivity contribution in [1.82, 2.24) is 19.7 Å². The molecule has 1 aliphatic heterocycles. The summed E-state index contributed by atoms with van der Waals surface area (Å²) in [4.78, 5) is 17.1. The van der Waals surface area contributed by atoms with E-state index < -0.39 is 50.3 Å². The quantitative estimate of drug-likeness (QED) is 0.174. The van der Waals surface area contributed by atoms with Gasteiger partial charge in [-0.1, -0.05) is 52.2 Å². The van der Waals surface area contributed by atoms with Crippen LogP contribution in [0.25, 0.3) is 5.52 Å². The number of nitrogens with two attached hydrogens (primary N) is 1. The molecule has 0 spiro atoms. The van der Waals surface area contributed by atoms with E-state index in [1.54, 1.807) is 18.2 Å². The van der Waals surface area contributed by atoms with Crippen molar-refractivity contribution in [2.24, 2.45) is 0 Å². The summed E-state index contributed by atoms with van der Waals surface area (Å²) in [6, 6.07) is 10.9. The van der Waals surface area contributed by atoms with Crippen molar-refractivity contribution in [3.8, 4) is 11.8 Å². The molecule has 0 bridgehead atoms. The number of rotatable bonds is 10. The second-order valence-electron chi connectivity index (χ2n) is 13.5. The van der Waals surface area contributed by atoms with Crippen molar-refractivity contribution < 1.29 is 38.1 Å². The average molecular weight is 685 g/mol. The van der Waals surface area contributed by atoms with Gasteiger partial charge in [0.05, 0.1) is 12.3 Å². The molecular weight excluding hydrogens is 639 g/mol. The molecule has 260 valence electrons. The lowest BCUT2D eigenvalue weighted by Gasteiger charge is -2.27. The van der Waals surface area contributed by atoms with Crippen LogP contribution in [-0.4, -0.2) is 67.8 Å². The van der Waals surface area contributed by atoms with Gasteiger partial charge in [0.1, 0.15) is 54.1 Å². The van der Waals surface area contributed by atoms with Crippen LogP contribution in [0.4, 0.5) is 5.82 Å². The number of nitrogens with zero attached hydrogens (tertiary/aromatic N) is 4. The Hall–Kier alpha value is -3.57. The summed E-state index contributed by atoms with van der Waals surface area (Å²) in [6.45, 7) is 7.09. The van der Waals surface area contributed by atoms with Gasteiger partial charge in [0.25, 0.3) is 0 Å². The third-order valence-electron chi connectivity index (χ3n) is 8.88. The van der Waals surface area contributed by atoms with Crippen LogP contribution in [0.15, 0.2) is 42.7 Å². The molecule has 1 unspecified atom stereocenters. The molecule has 1 aromatic carbocycles. The number of aromatic nitrogens is 3. The molecule has 2 fully saturated rings. The predicted molar refractivity (Wildman–Crippen MR) is 176 cm³/mol. The highest BCUT2D eigenvalue weighted by atomic mass is 31.2. The molecule has 5 rings (SSSR count). The SMILES string of the molecule is C[C@H](NP(=O)(OC[C@H]1O[C@@](C#N)(c2ccc3c(N)ncnn23)[C@H](O)[C@@H]1O)Oc1ccc(C(C)(C)C)cc1)C(=O)OC1CCCCCCC1. The minimum atomic E-state index is -4.38. The third kappa shape index (κ3) is 7.67. The Balaban J connectivity index is 1.35. The van der Waals surface area contributed by atoms with Gasteiger partial charge in [-0.05, 0) is 67.9 Å². The van der Waals surface area contributed by atoms with Crippen molar-refractivity contribution in [3.63, 3.8) is 0 Å². The fourth-order valence-corrected chi connectivity index (χ4v) is 7.56. The Bertz CT molecular complexity index is 1660. The molecule has 6 atom stereocenters. The van der Waals surface area contributed by atoms with Crippen LogP contribution in [0.2, 0.25) is 0 Å². The summed E-state index contributed by atoms with van der Waals surface area (Å²) in [5.74, 6) is -0.261. The maximum absolute atomic E-state index is 14.3. The zero-order valence-corrected chi connectivity index (χ0v) is 28.6. The molecule has 2 aromatic heterocycles. The molecule has 1 saturated heterocycles. The van der Waals surface area contributed by atoms with E-state index in [1.165, 1.54) is 30.3 Å². The number of carbonyl (C=O) groups is 1. The number of hydrogen-bond donors (Lipinski definition) is 4. The monoisotopic (exact) mass is 684 g/mol. The van der Waals surface area contributed by atoms with Crippen LogP contribution in [-0.2, 0) is 34.4 Å². The minimum absolute atomic E-state index is 0.102. The van der Waals surface area contributed by atoms with Crippen molar-refractivity contribution >= 4 is 25.1 Å². The Morgan fingerprint density at radius 2 is 1.83 bits per heavy atom. The lowest BCUT2D eigenvalue weighted by Crippen LogP contribution is -2.41. The van der Waals surface area contributed by atoms with Crippen molar-refractivity contribution in [2.75, 3.05) is 12.3 Å². The van der Waals surface area contributed by atoms with Crippen molar-refractivity contribution in [2.45, 2.75) is 114 Å². The first-order chi connectivity index (χ1) is 22.8. The summed E-state index contributed by atoms with van der Waals surface area (Å²) in [5, 5.41) is 39.2. The lowest BCUT2D eigenvalue weighted by atomic mass is 9.87. The summed E-state index contributed by atoms with van der Waals surface area (Å²) >= 11 is 0. The topological polar surface area (TPSA) is 204 Å². The van der Waals surface area contributed by atoms with E-state index in [0.717, 1.165) is 44.1 Å². The second kappa shape index (κ2) is 14.5. The van der Waals surface area contributed by atoms with E-state index in [1.807, 2.05) is 18.2 Å². The van der Waals surface area contributed by atoms with Crippen molar-refractivity contribution in [3.05, 3.63) is 54.0 Å². The highest BCUT2D eigenvalue weighted by Gasteiger charge is 2.58. The Morgan fingerprint density at radius 3 is 2.48 bits per heavy atom.